The normalized spacial score (nSPS) is 19.5. The Morgan fingerprint density at radius 2 is 1.60 bits per heavy atom. The molecule has 13 heteroatoms. The topological polar surface area (TPSA) is 118 Å². The van der Waals surface area contributed by atoms with E-state index in [2.05, 4.69) is 37.4 Å². The third-order valence-corrected chi connectivity index (χ3v) is 8.97. The number of rotatable bonds is 12. The maximum absolute atomic E-state index is 15.3. The van der Waals surface area contributed by atoms with Crippen molar-refractivity contribution >= 4 is 34.1 Å². The van der Waals surface area contributed by atoms with Gasteiger partial charge >= 0.3 is 0 Å². The fraction of sp³-hybridized carbons (Fsp3) is 0.371. The van der Waals surface area contributed by atoms with Crippen molar-refractivity contribution in [2.24, 2.45) is 11.3 Å². The van der Waals surface area contributed by atoms with E-state index in [1.54, 1.807) is 19.1 Å². The molecule has 1 saturated heterocycles. The number of piperazine rings is 1. The monoisotopic (exact) mass is 660 g/mol. The fourth-order valence-corrected chi connectivity index (χ4v) is 5.88. The number of fused-ring (bicyclic) bond motifs is 1. The summed E-state index contributed by atoms with van der Waals surface area (Å²) in [4.78, 5) is 39.6. The molecule has 0 bridgehead atoms. The van der Waals surface area contributed by atoms with Crippen LogP contribution in [0.4, 0.5) is 20.2 Å². The molecule has 2 atom stereocenters. The number of carbonyl (C=O) groups is 2. The molecule has 2 amide bonds. The van der Waals surface area contributed by atoms with Crippen LogP contribution in [0.1, 0.15) is 19.8 Å². The first-order chi connectivity index (χ1) is 23.2. The van der Waals surface area contributed by atoms with Gasteiger partial charge in [0.2, 0.25) is 17.7 Å². The van der Waals surface area contributed by atoms with Gasteiger partial charge in [0.1, 0.15) is 17.6 Å². The molecule has 3 aromatic carbocycles. The number of anilines is 2. The van der Waals surface area contributed by atoms with Crippen molar-refractivity contribution in [3.63, 3.8) is 0 Å². The summed E-state index contributed by atoms with van der Waals surface area (Å²) >= 11 is 0. The number of halogens is 2. The summed E-state index contributed by atoms with van der Waals surface area (Å²) in [6.07, 6.45) is 2.51. The number of methoxy groups -OCH3 is 1. The number of ether oxygens (including phenoxy) is 3. The van der Waals surface area contributed by atoms with Crippen LogP contribution in [0, 0.1) is 23.0 Å². The van der Waals surface area contributed by atoms with Gasteiger partial charge in [-0.2, -0.15) is 0 Å². The lowest BCUT2D eigenvalue weighted by Gasteiger charge is -2.32. The van der Waals surface area contributed by atoms with Gasteiger partial charge in [0.25, 0.3) is 0 Å². The van der Waals surface area contributed by atoms with Gasteiger partial charge in [-0.05, 0) is 68.3 Å². The second kappa shape index (κ2) is 14.1. The van der Waals surface area contributed by atoms with Crippen molar-refractivity contribution in [1.29, 1.82) is 0 Å². The molecule has 0 unspecified atom stereocenters. The first kappa shape index (κ1) is 33.0. The molecule has 1 aliphatic carbocycles. The highest BCUT2D eigenvalue weighted by molar-refractivity contribution is 6.17. The number of aromatic nitrogens is 2. The molecule has 4 aromatic rings. The molecule has 1 saturated carbocycles. The second-order valence-electron chi connectivity index (χ2n) is 12.3. The van der Waals surface area contributed by atoms with E-state index >= 15 is 4.39 Å². The van der Waals surface area contributed by atoms with Gasteiger partial charge in [0, 0.05) is 56.2 Å². The molecule has 2 heterocycles. The molecule has 11 nitrogen and oxygen atoms in total. The Morgan fingerprint density at radius 1 is 0.917 bits per heavy atom. The third-order valence-electron chi connectivity index (χ3n) is 8.97. The number of amides is 2. The van der Waals surface area contributed by atoms with E-state index < -0.39 is 28.9 Å². The summed E-state index contributed by atoms with van der Waals surface area (Å²) in [7, 11) is 3.67. The highest BCUT2D eigenvalue weighted by Gasteiger charge is 2.63. The van der Waals surface area contributed by atoms with Crippen LogP contribution in [0.25, 0.3) is 10.9 Å². The lowest BCUT2D eigenvalue weighted by atomic mass is 10.0. The predicted octanol–water partition coefficient (Wildman–Crippen LogP) is 5.33. The largest absolute Gasteiger partial charge is 0.493 e. The van der Waals surface area contributed by atoms with Gasteiger partial charge < -0.3 is 34.6 Å². The maximum Gasteiger partial charge on any atom is 0.240 e. The van der Waals surface area contributed by atoms with E-state index in [1.807, 2.05) is 0 Å². The van der Waals surface area contributed by atoms with E-state index in [0.29, 0.717) is 41.1 Å². The molecule has 2 N–H and O–H groups in total. The van der Waals surface area contributed by atoms with Gasteiger partial charge in [-0.25, -0.2) is 18.7 Å². The zero-order valence-corrected chi connectivity index (χ0v) is 27.1. The molecule has 2 fully saturated rings. The zero-order valence-electron chi connectivity index (χ0n) is 27.1. The highest BCUT2D eigenvalue weighted by Crippen LogP contribution is 2.53. The summed E-state index contributed by atoms with van der Waals surface area (Å²) in [6.45, 7) is 7.47. The summed E-state index contributed by atoms with van der Waals surface area (Å²) in [6, 6.07) is 12.7. The number of likely N-dealkylation sites (N-methyl/N-ethyl adjacent to an activating group) is 1. The standard InChI is InChI=1S/C35H38F2N6O5/c1-22-20-35(22,33(44)40-24-7-5-23(36)6-8-24)34(45)41-25-9-10-29(27(37)17-25)48-32-26-18-30(46-3)31(19-28(26)38-21-39-32)47-16-4-11-43-14-12-42(2)13-15-43/h5-10,17-19,21-22H,4,11-16,20H2,1-3H3,(H,40,44)(H,41,45)/t22-,35-/m1/s1. The number of hydrogen-bond acceptors (Lipinski definition) is 9. The Kier molecular flexibility index (Phi) is 9.69. The molecule has 0 spiro atoms. The molecule has 1 aromatic heterocycles. The molecule has 2 aliphatic rings. The van der Waals surface area contributed by atoms with Gasteiger partial charge in [0.15, 0.2) is 23.1 Å². The van der Waals surface area contributed by atoms with Crippen molar-refractivity contribution in [3.05, 3.63) is 72.6 Å². The Morgan fingerprint density at radius 3 is 2.27 bits per heavy atom. The summed E-state index contributed by atoms with van der Waals surface area (Å²) < 4.78 is 46.1. The van der Waals surface area contributed by atoms with Gasteiger partial charge in [-0.15, -0.1) is 0 Å². The molecular weight excluding hydrogens is 622 g/mol. The summed E-state index contributed by atoms with van der Waals surface area (Å²) in [5.74, 6) is -1.51. The van der Waals surface area contributed by atoms with E-state index in [4.69, 9.17) is 14.2 Å². The van der Waals surface area contributed by atoms with Crippen molar-refractivity contribution in [2.75, 3.05) is 64.1 Å². The van der Waals surface area contributed by atoms with E-state index in [-0.39, 0.29) is 23.2 Å². The smallest absolute Gasteiger partial charge is 0.240 e. The van der Waals surface area contributed by atoms with Gasteiger partial charge in [-0.1, -0.05) is 6.92 Å². The van der Waals surface area contributed by atoms with Crippen molar-refractivity contribution in [2.45, 2.75) is 19.8 Å². The zero-order chi connectivity index (χ0) is 33.8. The van der Waals surface area contributed by atoms with Crippen LogP contribution in [0.3, 0.4) is 0 Å². The molecular formula is C35H38F2N6O5. The SMILES string of the molecule is COc1cc2c(Oc3ccc(NC(=O)[C@]4(C(=O)Nc5ccc(F)cc5)C[C@H]4C)cc3F)ncnc2cc1OCCCN1CCN(C)CC1. The second-order valence-corrected chi connectivity index (χ2v) is 12.3. The van der Waals surface area contributed by atoms with E-state index in [9.17, 15) is 14.0 Å². The van der Waals surface area contributed by atoms with Crippen LogP contribution in [0.2, 0.25) is 0 Å². The average Bonchev–Trinajstić information content (AvgIpc) is 3.78. The van der Waals surface area contributed by atoms with Crippen LogP contribution >= 0.6 is 0 Å². The number of carbonyl (C=O) groups excluding carboxylic acids is 2. The minimum atomic E-state index is -1.33. The lowest BCUT2D eigenvalue weighted by molar-refractivity contribution is -0.131. The number of nitrogens with one attached hydrogen (secondary N) is 2. The fourth-order valence-electron chi connectivity index (χ4n) is 5.88. The lowest BCUT2D eigenvalue weighted by Crippen LogP contribution is -2.44. The van der Waals surface area contributed by atoms with Crippen LogP contribution in [0.5, 0.6) is 23.1 Å². The summed E-state index contributed by atoms with van der Waals surface area (Å²) in [5, 5.41) is 5.83. The van der Waals surface area contributed by atoms with E-state index in [1.165, 1.54) is 49.8 Å². The first-order valence-electron chi connectivity index (χ1n) is 15.9. The molecule has 6 rings (SSSR count). The van der Waals surface area contributed by atoms with Crippen LogP contribution < -0.4 is 24.8 Å². The Labute approximate surface area is 277 Å². The third kappa shape index (κ3) is 7.16. The average molecular weight is 661 g/mol. The van der Waals surface area contributed by atoms with E-state index in [0.717, 1.165) is 45.2 Å². The Balaban J connectivity index is 1.10. The van der Waals surface area contributed by atoms with Crippen LogP contribution in [0.15, 0.2) is 60.9 Å². The number of nitrogens with zero attached hydrogens (tertiary/aromatic N) is 4. The quantitative estimate of drug-likeness (QED) is 0.154. The highest BCUT2D eigenvalue weighted by atomic mass is 19.1. The van der Waals surface area contributed by atoms with Crippen molar-refractivity contribution in [1.82, 2.24) is 19.8 Å². The van der Waals surface area contributed by atoms with Gasteiger partial charge in [-0.3, -0.25) is 9.59 Å². The Bertz CT molecular complexity index is 1800. The minimum Gasteiger partial charge on any atom is -0.493 e. The molecule has 252 valence electrons. The van der Waals surface area contributed by atoms with Crippen LogP contribution in [-0.4, -0.2) is 85.1 Å². The maximum atomic E-state index is 15.3. The predicted molar refractivity (Wildman–Crippen MR) is 176 cm³/mol. The van der Waals surface area contributed by atoms with Gasteiger partial charge in [0.05, 0.1) is 24.6 Å². The number of benzene rings is 3. The van der Waals surface area contributed by atoms with Crippen molar-refractivity contribution < 1.29 is 32.6 Å². The number of hydrogen-bond donors (Lipinski definition) is 2. The minimum absolute atomic E-state index is 0.110. The molecule has 1 aliphatic heterocycles. The molecule has 0 radical (unpaired) electrons. The van der Waals surface area contributed by atoms with Crippen molar-refractivity contribution in [3.8, 4) is 23.1 Å². The van der Waals surface area contributed by atoms with Crippen LogP contribution in [-0.2, 0) is 9.59 Å². The Hall–Kier alpha value is -4.88. The molecule has 48 heavy (non-hydrogen) atoms. The first-order valence-corrected chi connectivity index (χ1v) is 15.9. The summed E-state index contributed by atoms with van der Waals surface area (Å²) in [5.41, 5.74) is -0.273.